The molecule has 2 amide bonds. The molecule has 0 unspecified atom stereocenters. The summed E-state index contributed by atoms with van der Waals surface area (Å²) in [4.78, 5) is 30.9. The Balaban J connectivity index is 1.80. The Morgan fingerprint density at radius 3 is 2.17 bits per heavy atom. The van der Waals surface area contributed by atoms with E-state index in [1.165, 1.54) is 16.7 Å². The van der Waals surface area contributed by atoms with Gasteiger partial charge < -0.3 is 15.0 Å². The number of nitrogens with zero attached hydrogens (tertiary/aromatic N) is 2. The molecule has 4 rings (SSSR count). The van der Waals surface area contributed by atoms with Gasteiger partial charge in [-0.3, -0.25) is 13.9 Å². The number of aryl methyl sites for hydroxylation is 1. The molecule has 0 spiro atoms. The van der Waals surface area contributed by atoms with Crippen LogP contribution in [0.2, 0.25) is 0 Å². The van der Waals surface area contributed by atoms with Crippen molar-refractivity contribution in [3.63, 3.8) is 0 Å². The Bertz CT molecular complexity index is 1710. The zero-order valence-corrected chi connectivity index (χ0v) is 29.0. The van der Waals surface area contributed by atoms with E-state index in [0.29, 0.717) is 24.6 Å². The van der Waals surface area contributed by atoms with Crippen LogP contribution in [0, 0.1) is 6.92 Å². The number of ether oxygens (including phenoxy) is 1. The molecule has 1 N–H and O–H groups in total. The quantitative estimate of drug-likeness (QED) is 0.137. The molecule has 0 bridgehead atoms. The third kappa shape index (κ3) is 9.62. The van der Waals surface area contributed by atoms with Crippen LogP contribution in [0.5, 0.6) is 5.75 Å². The second-order valence-electron chi connectivity index (χ2n) is 11.1. The maximum absolute atomic E-state index is 14.6. The van der Waals surface area contributed by atoms with Gasteiger partial charge in [-0.2, -0.15) is 0 Å². The van der Waals surface area contributed by atoms with Crippen molar-refractivity contribution in [1.29, 1.82) is 0 Å². The molecular weight excluding hydrogens is 631 g/mol. The summed E-state index contributed by atoms with van der Waals surface area (Å²) in [6, 6.07) is 29.6. The molecule has 0 fully saturated rings. The lowest BCUT2D eigenvalue weighted by Crippen LogP contribution is -2.53. The fourth-order valence-corrected chi connectivity index (χ4v) is 7.03. The van der Waals surface area contributed by atoms with Crippen molar-refractivity contribution in [2.24, 2.45) is 0 Å². The smallest absolute Gasteiger partial charge is 0.264 e. The molecule has 47 heavy (non-hydrogen) atoms. The lowest BCUT2D eigenvalue weighted by molar-refractivity contribution is -0.140. The molecule has 10 heteroatoms. The number of thioether (sulfide) groups is 1. The maximum Gasteiger partial charge on any atom is 0.264 e. The minimum absolute atomic E-state index is 0.0590. The Labute approximate surface area is 283 Å². The summed E-state index contributed by atoms with van der Waals surface area (Å²) in [5.41, 5.74) is 3.04. The van der Waals surface area contributed by atoms with Crippen molar-refractivity contribution >= 4 is 39.3 Å². The molecule has 0 radical (unpaired) electrons. The van der Waals surface area contributed by atoms with Gasteiger partial charge in [0, 0.05) is 24.4 Å². The summed E-state index contributed by atoms with van der Waals surface area (Å²) < 4.78 is 35.3. The molecule has 0 aliphatic carbocycles. The summed E-state index contributed by atoms with van der Waals surface area (Å²) in [5.74, 6) is -0.210. The largest absolute Gasteiger partial charge is 0.494 e. The minimum Gasteiger partial charge on any atom is -0.494 e. The fraction of sp³-hybridized carbons (Fsp3) is 0.297. The summed E-state index contributed by atoms with van der Waals surface area (Å²) in [6.07, 6.45) is 2.91. The molecule has 4 aromatic carbocycles. The Kier molecular flexibility index (Phi) is 12.9. The van der Waals surface area contributed by atoms with Gasteiger partial charge in [-0.05, 0) is 86.2 Å². The first-order chi connectivity index (χ1) is 22.7. The maximum atomic E-state index is 14.6. The van der Waals surface area contributed by atoms with Crippen molar-refractivity contribution < 1.29 is 22.7 Å². The topological polar surface area (TPSA) is 96.0 Å². The molecule has 248 valence electrons. The van der Waals surface area contributed by atoms with Crippen molar-refractivity contribution in [3.8, 4) is 5.75 Å². The lowest BCUT2D eigenvalue weighted by atomic mass is 10.0. The van der Waals surface area contributed by atoms with Gasteiger partial charge in [0.05, 0.1) is 17.2 Å². The third-order valence-electron chi connectivity index (χ3n) is 7.62. The predicted molar refractivity (Wildman–Crippen MR) is 189 cm³/mol. The normalized spacial score (nSPS) is 11.8. The van der Waals surface area contributed by atoms with Crippen molar-refractivity contribution in [1.82, 2.24) is 10.2 Å². The van der Waals surface area contributed by atoms with Crippen LogP contribution in [0.1, 0.15) is 37.0 Å². The Morgan fingerprint density at radius 2 is 1.55 bits per heavy atom. The van der Waals surface area contributed by atoms with E-state index in [1.54, 1.807) is 48.5 Å². The van der Waals surface area contributed by atoms with Crippen LogP contribution in [-0.2, 0) is 32.6 Å². The van der Waals surface area contributed by atoms with E-state index in [4.69, 9.17) is 4.74 Å². The molecule has 0 saturated heterocycles. The second kappa shape index (κ2) is 17.0. The summed E-state index contributed by atoms with van der Waals surface area (Å²) in [5, 5.41) is 2.97. The minimum atomic E-state index is -4.20. The number of hydrogen-bond donors (Lipinski definition) is 1. The molecule has 0 saturated carbocycles. The molecule has 0 aromatic heterocycles. The summed E-state index contributed by atoms with van der Waals surface area (Å²) in [7, 11) is -4.20. The highest BCUT2D eigenvalue weighted by Gasteiger charge is 2.34. The molecule has 8 nitrogen and oxygen atoms in total. The first-order valence-electron chi connectivity index (χ1n) is 15.7. The van der Waals surface area contributed by atoms with Gasteiger partial charge in [0.15, 0.2) is 0 Å². The highest BCUT2D eigenvalue weighted by molar-refractivity contribution is 7.98. The SMILES string of the molecule is CCCNC(=O)[C@@H](Cc1ccccc1)N(Cc1cccc(C)c1)C(=O)CN(c1ccc(OCC)cc1)S(=O)(=O)c1ccc(SC)cc1. The van der Waals surface area contributed by atoms with E-state index in [0.717, 1.165) is 32.3 Å². The van der Waals surface area contributed by atoms with Gasteiger partial charge in [0.25, 0.3) is 10.0 Å². The van der Waals surface area contributed by atoms with Crippen LogP contribution < -0.4 is 14.4 Å². The Hall–Kier alpha value is -4.28. The summed E-state index contributed by atoms with van der Waals surface area (Å²) >= 11 is 1.51. The van der Waals surface area contributed by atoms with E-state index in [2.05, 4.69) is 5.32 Å². The van der Waals surface area contributed by atoms with Gasteiger partial charge in [0.2, 0.25) is 11.8 Å². The molecule has 0 heterocycles. The van der Waals surface area contributed by atoms with E-state index >= 15 is 0 Å². The van der Waals surface area contributed by atoms with Crippen molar-refractivity contribution in [2.75, 3.05) is 30.3 Å². The zero-order chi connectivity index (χ0) is 33.8. The average Bonchev–Trinajstić information content (AvgIpc) is 3.08. The zero-order valence-electron chi connectivity index (χ0n) is 27.4. The van der Waals surface area contributed by atoms with Crippen LogP contribution in [0.15, 0.2) is 113 Å². The molecule has 0 aliphatic rings. The van der Waals surface area contributed by atoms with Gasteiger partial charge in [0.1, 0.15) is 18.3 Å². The second-order valence-corrected chi connectivity index (χ2v) is 13.9. The molecular formula is C37H43N3O5S2. The standard InChI is InChI=1S/C37H43N3O5S2/c1-5-23-38-37(42)35(25-29-12-8-7-9-13-29)39(26-30-14-10-11-28(3)24-30)36(41)27-40(31-15-17-32(18-16-31)45-6-2)47(43,44)34-21-19-33(46-4)20-22-34/h7-22,24,35H,5-6,23,25-27H2,1-4H3,(H,38,42)/t35-/m1/s1. The number of amides is 2. The third-order valence-corrected chi connectivity index (χ3v) is 10.1. The summed E-state index contributed by atoms with van der Waals surface area (Å²) in [6.45, 7) is 6.32. The number of sulfonamides is 1. The first kappa shape index (κ1) is 35.6. The van der Waals surface area contributed by atoms with Gasteiger partial charge in [-0.15, -0.1) is 11.8 Å². The molecule has 1 atom stereocenters. The van der Waals surface area contributed by atoms with E-state index in [-0.39, 0.29) is 23.8 Å². The lowest BCUT2D eigenvalue weighted by Gasteiger charge is -2.34. The van der Waals surface area contributed by atoms with E-state index < -0.39 is 28.5 Å². The van der Waals surface area contributed by atoms with Crippen LogP contribution in [0.3, 0.4) is 0 Å². The van der Waals surface area contributed by atoms with Crippen LogP contribution >= 0.6 is 11.8 Å². The number of anilines is 1. The van der Waals surface area contributed by atoms with Crippen LogP contribution in [0.25, 0.3) is 0 Å². The van der Waals surface area contributed by atoms with Crippen molar-refractivity contribution in [3.05, 3.63) is 120 Å². The van der Waals surface area contributed by atoms with E-state index in [9.17, 15) is 18.0 Å². The van der Waals surface area contributed by atoms with Gasteiger partial charge in [-0.25, -0.2) is 8.42 Å². The number of nitrogens with one attached hydrogen (secondary N) is 1. The van der Waals surface area contributed by atoms with Crippen LogP contribution in [-0.4, -0.2) is 57.1 Å². The predicted octanol–water partition coefficient (Wildman–Crippen LogP) is 6.48. The van der Waals surface area contributed by atoms with Gasteiger partial charge >= 0.3 is 0 Å². The number of carbonyl (C=O) groups is 2. The van der Waals surface area contributed by atoms with Crippen molar-refractivity contribution in [2.45, 2.75) is 56.0 Å². The van der Waals surface area contributed by atoms with Crippen LogP contribution in [0.4, 0.5) is 5.69 Å². The number of rotatable bonds is 16. The highest BCUT2D eigenvalue weighted by atomic mass is 32.2. The van der Waals surface area contributed by atoms with E-state index in [1.807, 2.05) is 81.6 Å². The Morgan fingerprint density at radius 1 is 0.872 bits per heavy atom. The number of benzene rings is 4. The average molecular weight is 674 g/mol. The first-order valence-corrected chi connectivity index (χ1v) is 18.4. The monoisotopic (exact) mass is 673 g/mol. The highest BCUT2D eigenvalue weighted by Crippen LogP contribution is 2.28. The number of hydrogen-bond acceptors (Lipinski definition) is 6. The molecule has 4 aromatic rings. The fourth-order valence-electron chi connectivity index (χ4n) is 5.21. The number of carbonyl (C=O) groups excluding carboxylic acids is 2. The van der Waals surface area contributed by atoms with Gasteiger partial charge in [-0.1, -0.05) is 67.1 Å². The molecule has 0 aliphatic heterocycles.